The molecule has 0 spiro atoms. The molecule has 1 aromatic rings. The van der Waals surface area contributed by atoms with Crippen molar-refractivity contribution in [2.24, 2.45) is 0 Å². The molecular weight excluding hydrogens is 235 g/mol. The van der Waals surface area contributed by atoms with Gasteiger partial charge < -0.3 is 9.64 Å². The molecule has 0 unspecified atom stereocenters. The number of nitrogens with zero attached hydrogens (tertiary/aromatic N) is 1. The summed E-state index contributed by atoms with van der Waals surface area (Å²) in [6.45, 7) is -0.196. The highest BCUT2D eigenvalue weighted by atomic mass is 19.4. The molecule has 0 aliphatic carbocycles. The highest BCUT2D eigenvalue weighted by molar-refractivity contribution is 5.77. The van der Waals surface area contributed by atoms with E-state index in [9.17, 15) is 18.0 Å². The lowest BCUT2D eigenvalue weighted by Crippen LogP contribution is -2.27. The van der Waals surface area contributed by atoms with Crippen molar-refractivity contribution in [3.8, 4) is 5.75 Å². The molecule has 6 heteroatoms. The van der Waals surface area contributed by atoms with E-state index in [0.717, 1.165) is 12.1 Å². The van der Waals surface area contributed by atoms with E-state index in [1.165, 1.54) is 17.0 Å². The molecule has 0 saturated heterocycles. The average Bonchev–Trinajstić information content (AvgIpc) is 2.25. The quantitative estimate of drug-likeness (QED) is 0.819. The molecule has 0 aliphatic rings. The first-order valence-electron chi connectivity index (χ1n) is 4.81. The van der Waals surface area contributed by atoms with E-state index in [1.807, 2.05) is 0 Å². The Kier molecular flexibility index (Phi) is 3.98. The summed E-state index contributed by atoms with van der Waals surface area (Å²) >= 11 is 0. The molecule has 0 aliphatic heterocycles. The molecule has 0 fully saturated rings. The predicted octanol–water partition coefficient (Wildman–Crippen LogP) is 2.17. The fourth-order valence-corrected chi connectivity index (χ4v) is 1.01. The van der Waals surface area contributed by atoms with E-state index in [0.29, 0.717) is 0 Å². The number of carbonyl (C=O) groups is 1. The molecule has 1 amide bonds. The number of ether oxygens (including phenoxy) is 1. The van der Waals surface area contributed by atoms with E-state index >= 15 is 0 Å². The number of benzene rings is 1. The fourth-order valence-electron chi connectivity index (χ4n) is 1.01. The van der Waals surface area contributed by atoms with Crippen molar-refractivity contribution in [1.29, 1.82) is 0 Å². The summed E-state index contributed by atoms with van der Waals surface area (Å²) in [5.74, 6) is -0.0295. The van der Waals surface area contributed by atoms with Crippen molar-refractivity contribution in [2.75, 3.05) is 20.7 Å². The Morgan fingerprint density at radius 2 is 1.76 bits per heavy atom. The van der Waals surface area contributed by atoms with Gasteiger partial charge in [0, 0.05) is 14.1 Å². The highest BCUT2D eigenvalue weighted by Crippen LogP contribution is 2.30. The van der Waals surface area contributed by atoms with Crippen molar-refractivity contribution in [1.82, 2.24) is 4.90 Å². The van der Waals surface area contributed by atoms with Crippen LogP contribution in [0, 0.1) is 0 Å². The van der Waals surface area contributed by atoms with Gasteiger partial charge in [-0.25, -0.2) is 0 Å². The Labute approximate surface area is 96.8 Å². The minimum Gasteiger partial charge on any atom is -0.484 e. The molecule has 1 rings (SSSR count). The average molecular weight is 247 g/mol. The molecule has 17 heavy (non-hydrogen) atoms. The van der Waals surface area contributed by atoms with Crippen molar-refractivity contribution in [3.05, 3.63) is 29.8 Å². The number of rotatable bonds is 3. The van der Waals surface area contributed by atoms with Crippen LogP contribution in [0.15, 0.2) is 24.3 Å². The molecule has 3 nitrogen and oxygen atoms in total. The SMILES string of the molecule is CN(C)C(=O)COc1ccc(C(F)(F)F)cc1. The maximum atomic E-state index is 12.2. The largest absolute Gasteiger partial charge is 0.484 e. The van der Waals surface area contributed by atoms with Crippen molar-refractivity contribution < 1.29 is 22.7 Å². The monoisotopic (exact) mass is 247 g/mol. The van der Waals surface area contributed by atoms with Crippen LogP contribution in [0.5, 0.6) is 5.75 Å². The first-order chi connectivity index (χ1) is 7.80. The molecule has 0 radical (unpaired) electrons. The lowest BCUT2D eigenvalue weighted by atomic mass is 10.2. The minimum absolute atomic E-state index is 0.196. The van der Waals surface area contributed by atoms with Gasteiger partial charge >= 0.3 is 6.18 Å². The molecule has 0 aromatic heterocycles. The summed E-state index contributed by atoms with van der Waals surface area (Å²) in [7, 11) is 3.14. The van der Waals surface area contributed by atoms with E-state index in [-0.39, 0.29) is 18.3 Å². The molecule has 94 valence electrons. The predicted molar refractivity (Wildman–Crippen MR) is 55.6 cm³/mol. The lowest BCUT2D eigenvalue weighted by molar-refractivity contribution is -0.137. The summed E-state index contributed by atoms with van der Waals surface area (Å²) in [4.78, 5) is 12.5. The summed E-state index contributed by atoms with van der Waals surface area (Å²) in [6, 6.07) is 4.20. The number of amides is 1. The number of hydrogen-bond acceptors (Lipinski definition) is 2. The standard InChI is InChI=1S/C11H12F3NO2/c1-15(2)10(16)7-17-9-5-3-8(4-6-9)11(12,13)14/h3-6H,7H2,1-2H3. The highest BCUT2D eigenvalue weighted by Gasteiger charge is 2.30. The van der Waals surface area contributed by atoms with Crippen LogP contribution in [0.2, 0.25) is 0 Å². The Bertz CT molecular complexity index is 385. The summed E-state index contributed by atoms with van der Waals surface area (Å²) in [6.07, 6.45) is -4.36. The van der Waals surface area contributed by atoms with E-state index in [2.05, 4.69) is 0 Å². The van der Waals surface area contributed by atoms with Crippen LogP contribution in [0.3, 0.4) is 0 Å². The fraction of sp³-hybridized carbons (Fsp3) is 0.364. The van der Waals surface area contributed by atoms with Crippen LogP contribution in [0.4, 0.5) is 13.2 Å². The molecule has 0 bridgehead atoms. The number of likely N-dealkylation sites (N-methyl/N-ethyl adjacent to an activating group) is 1. The molecular formula is C11H12F3NO2. The van der Waals surface area contributed by atoms with Gasteiger partial charge in [0.25, 0.3) is 5.91 Å². The van der Waals surface area contributed by atoms with Gasteiger partial charge in [-0.3, -0.25) is 4.79 Å². The number of hydrogen-bond donors (Lipinski definition) is 0. The first-order valence-corrected chi connectivity index (χ1v) is 4.81. The van der Waals surface area contributed by atoms with Crippen molar-refractivity contribution >= 4 is 5.91 Å². The van der Waals surface area contributed by atoms with Crippen LogP contribution in [0.25, 0.3) is 0 Å². The van der Waals surface area contributed by atoms with Gasteiger partial charge in [0.15, 0.2) is 6.61 Å². The van der Waals surface area contributed by atoms with Crippen LogP contribution in [-0.2, 0) is 11.0 Å². The van der Waals surface area contributed by atoms with Crippen LogP contribution >= 0.6 is 0 Å². The number of halogens is 3. The summed E-state index contributed by atoms with van der Waals surface area (Å²) < 4.78 is 41.8. The van der Waals surface area contributed by atoms with Crippen molar-refractivity contribution in [2.45, 2.75) is 6.18 Å². The Hall–Kier alpha value is -1.72. The molecule has 0 saturated carbocycles. The molecule has 0 N–H and O–H groups in total. The Morgan fingerprint density at radius 1 is 1.24 bits per heavy atom. The second-order valence-electron chi connectivity index (χ2n) is 3.60. The van der Waals surface area contributed by atoms with E-state index < -0.39 is 11.7 Å². The number of alkyl halides is 3. The normalized spacial score (nSPS) is 11.1. The molecule has 1 aromatic carbocycles. The van der Waals surface area contributed by atoms with Gasteiger partial charge in [0.05, 0.1) is 5.56 Å². The summed E-state index contributed by atoms with van der Waals surface area (Å²) in [5, 5.41) is 0. The van der Waals surface area contributed by atoms with Gasteiger partial charge in [0.1, 0.15) is 5.75 Å². The van der Waals surface area contributed by atoms with Gasteiger partial charge in [-0.2, -0.15) is 13.2 Å². The number of carbonyl (C=O) groups excluding carboxylic acids is 1. The van der Waals surface area contributed by atoms with Crippen LogP contribution in [0.1, 0.15) is 5.56 Å². The first kappa shape index (κ1) is 13.3. The smallest absolute Gasteiger partial charge is 0.416 e. The third-order valence-electron chi connectivity index (χ3n) is 2.04. The molecule has 0 atom stereocenters. The Morgan fingerprint density at radius 3 is 2.18 bits per heavy atom. The van der Waals surface area contributed by atoms with E-state index in [4.69, 9.17) is 4.74 Å². The second kappa shape index (κ2) is 5.07. The second-order valence-corrected chi connectivity index (χ2v) is 3.60. The zero-order chi connectivity index (χ0) is 13.1. The van der Waals surface area contributed by atoms with E-state index in [1.54, 1.807) is 14.1 Å². The molecule has 0 heterocycles. The maximum Gasteiger partial charge on any atom is 0.416 e. The third-order valence-corrected chi connectivity index (χ3v) is 2.04. The topological polar surface area (TPSA) is 29.5 Å². The Balaban J connectivity index is 2.61. The van der Waals surface area contributed by atoms with Gasteiger partial charge in [0.2, 0.25) is 0 Å². The van der Waals surface area contributed by atoms with Crippen LogP contribution in [-0.4, -0.2) is 31.5 Å². The maximum absolute atomic E-state index is 12.2. The third kappa shape index (κ3) is 3.97. The van der Waals surface area contributed by atoms with Gasteiger partial charge in [-0.05, 0) is 24.3 Å². The zero-order valence-electron chi connectivity index (χ0n) is 9.41. The minimum atomic E-state index is -4.36. The van der Waals surface area contributed by atoms with Gasteiger partial charge in [-0.1, -0.05) is 0 Å². The summed E-state index contributed by atoms with van der Waals surface area (Å²) in [5.41, 5.74) is -0.746. The zero-order valence-corrected chi connectivity index (χ0v) is 9.41. The van der Waals surface area contributed by atoms with Crippen LogP contribution < -0.4 is 4.74 Å². The van der Waals surface area contributed by atoms with Crippen molar-refractivity contribution in [3.63, 3.8) is 0 Å². The lowest BCUT2D eigenvalue weighted by Gasteiger charge is -2.12. The van der Waals surface area contributed by atoms with Gasteiger partial charge in [-0.15, -0.1) is 0 Å².